The van der Waals surface area contributed by atoms with Gasteiger partial charge in [0.1, 0.15) is 0 Å². The van der Waals surface area contributed by atoms with E-state index in [0.29, 0.717) is 24.3 Å². The lowest BCUT2D eigenvalue weighted by Crippen LogP contribution is -2.35. The largest absolute Gasteiger partial charge is 0.351 e. The maximum absolute atomic E-state index is 14.7. The van der Waals surface area contributed by atoms with E-state index in [1.807, 2.05) is 0 Å². The number of rotatable bonds is 7. The quantitative estimate of drug-likeness (QED) is 0.829. The second-order valence-corrected chi connectivity index (χ2v) is 6.40. The molecule has 1 N–H and O–H groups in total. The van der Waals surface area contributed by atoms with Crippen molar-refractivity contribution in [3.05, 3.63) is 23.6 Å². The van der Waals surface area contributed by atoms with E-state index >= 15 is 0 Å². The molecule has 4 heteroatoms. The molecule has 1 heterocycles. The average molecular weight is 279 g/mol. The van der Waals surface area contributed by atoms with Crippen LogP contribution in [0.25, 0.3) is 0 Å². The van der Waals surface area contributed by atoms with Gasteiger partial charge < -0.3 is 10.2 Å². The van der Waals surface area contributed by atoms with Crippen molar-refractivity contribution in [2.24, 2.45) is 5.92 Å². The summed E-state index contributed by atoms with van der Waals surface area (Å²) < 4.78 is 14.7. The van der Waals surface area contributed by atoms with Crippen LogP contribution >= 0.6 is 0 Å². The van der Waals surface area contributed by atoms with E-state index in [-0.39, 0.29) is 11.9 Å². The number of hydrogen-bond acceptors (Lipinski definition) is 3. The third-order valence-electron chi connectivity index (χ3n) is 3.57. The highest BCUT2D eigenvalue weighted by atomic mass is 19.1. The minimum absolute atomic E-state index is 0.171. The van der Waals surface area contributed by atoms with E-state index < -0.39 is 0 Å². The zero-order valence-electron chi connectivity index (χ0n) is 13.0. The lowest BCUT2D eigenvalue weighted by Gasteiger charge is -2.30. The summed E-state index contributed by atoms with van der Waals surface area (Å²) >= 11 is 0. The number of pyridine rings is 1. The minimum Gasteiger partial charge on any atom is -0.351 e. The summed E-state index contributed by atoms with van der Waals surface area (Å²) in [5.41, 5.74) is 0.719. The molecule has 0 aliphatic heterocycles. The number of nitrogens with one attached hydrogen (secondary N) is 1. The first-order chi connectivity index (χ1) is 9.49. The van der Waals surface area contributed by atoms with Gasteiger partial charge in [0.25, 0.3) is 0 Å². The van der Waals surface area contributed by atoms with Crippen LogP contribution in [0.4, 0.5) is 10.2 Å². The Balaban J connectivity index is 2.17. The second-order valence-electron chi connectivity index (χ2n) is 6.40. The van der Waals surface area contributed by atoms with Crippen LogP contribution in [0.15, 0.2) is 12.3 Å². The summed E-state index contributed by atoms with van der Waals surface area (Å²) in [5.74, 6) is 0.797. The summed E-state index contributed by atoms with van der Waals surface area (Å²) in [4.78, 5) is 6.34. The standard InChI is InChI=1S/C16H26FN3/c1-11(2)10-20(12(3)4)16-15(17)13(7-8-18-16)9-19-14-5-6-14/h7-8,11-12,14,19H,5-6,9-10H2,1-4H3. The van der Waals surface area contributed by atoms with Gasteiger partial charge in [0.15, 0.2) is 11.6 Å². The van der Waals surface area contributed by atoms with Crippen molar-refractivity contribution in [3.63, 3.8) is 0 Å². The van der Waals surface area contributed by atoms with Gasteiger partial charge in [-0.15, -0.1) is 0 Å². The summed E-state index contributed by atoms with van der Waals surface area (Å²) in [6, 6.07) is 2.61. The van der Waals surface area contributed by atoms with Gasteiger partial charge in [0.2, 0.25) is 0 Å². The fourth-order valence-corrected chi connectivity index (χ4v) is 2.29. The molecule has 1 fully saturated rings. The van der Waals surface area contributed by atoms with E-state index in [1.54, 1.807) is 12.3 Å². The molecular formula is C16H26FN3. The number of nitrogens with zero attached hydrogens (tertiary/aromatic N) is 2. The van der Waals surface area contributed by atoms with Crippen LogP contribution in [0.1, 0.15) is 46.1 Å². The maximum Gasteiger partial charge on any atom is 0.170 e. The summed E-state index contributed by atoms with van der Waals surface area (Å²) in [6.07, 6.45) is 4.15. The third-order valence-corrected chi connectivity index (χ3v) is 3.57. The Hall–Kier alpha value is -1.16. The average Bonchev–Trinajstić information content (AvgIpc) is 3.19. The molecule has 0 amide bonds. The molecule has 20 heavy (non-hydrogen) atoms. The van der Waals surface area contributed by atoms with Crippen molar-refractivity contribution < 1.29 is 4.39 Å². The van der Waals surface area contributed by atoms with Gasteiger partial charge in [0.05, 0.1) is 0 Å². The van der Waals surface area contributed by atoms with E-state index in [2.05, 4.69) is 42.9 Å². The van der Waals surface area contributed by atoms with E-state index in [9.17, 15) is 4.39 Å². The predicted molar refractivity (Wildman–Crippen MR) is 81.4 cm³/mol. The van der Waals surface area contributed by atoms with Crippen LogP contribution in [0.5, 0.6) is 0 Å². The Bertz CT molecular complexity index is 441. The monoisotopic (exact) mass is 279 g/mol. The van der Waals surface area contributed by atoms with Gasteiger partial charge in [-0.3, -0.25) is 0 Å². The van der Waals surface area contributed by atoms with Crippen molar-refractivity contribution in [1.29, 1.82) is 0 Å². The molecule has 3 nitrogen and oxygen atoms in total. The van der Waals surface area contributed by atoms with E-state index in [0.717, 1.165) is 12.1 Å². The summed E-state index contributed by atoms with van der Waals surface area (Å²) in [6.45, 7) is 9.87. The molecule has 2 rings (SSSR count). The van der Waals surface area contributed by atoms with Gasteiger partial charge in [-0.05, 0) is 38.7 Å². The fourth-order valence-electron chi connectivity index (χ4n) is 2.29. The Morgan fingerprint density at radius 2 is 2.05 bits per heavy atom. The first-order valence-corrected chi connectivity index (χ1v) is 7.62. The molecule has 0 spiro atoms. The molecular weight excluding hydrogens is 253 g/mol. The number of halogens is 1. The first-order valence-electron chi connectivity index (χ1n) is 7.62. The molecule has 0 atom stereocenters. The fraction of sp³-hybridized carbons (Fsp3) is 0.688. The van der Waals surface area contributed by atoms with Gasteiger partial charge in [-0.2, -0.15) is 0 Å². The highest BCUT2D eigenvalue weighted by Gasteiger charge is 2.23. The second kappa shape index (κ2) is 6.53. The van der Waals surface area contributed by atoms with Crippen LogP contribution < -0.4 is 10.2 Å². The smallest absolute Gasteiger partial charge is 0.170 e. The molecule has 0 bridgehead atoms. The lowest BCUT2D eigenvalue weighted by molar-refractivity contribution is 0.532. The van der Waals surface area contributed by atoms with Gasteiger partial charge in [-0.1, -0.05) is 13.8 Å². The normalized spacial score (nSPS) is 15.2. The number of hydrogen-bond donors (Lipinski definition) is 1. The van der Waals surface area contributed by atoms with Crippen molar-refractivity contribution in [1.82, 2.24) is 10.3 Å². The molecule has 1 aliphatic carbocycles. The molecule has 0 saturated heterocycles. The lowest BCUT2D eigenvalue weighted by atomic mass is 10.1. The van der Waals surface area contributed by atoms with Gasteiger partial charge >= 0.3 is 0 Å². The van der Waals surface area contributed by atoms with Crippen LogP contribution in [-0.4, -0.2) is 23.6 Å². The van der Waals surface area contributed by atoms with Crippen molar-refractivity contribution in [2.75, 3.05) is 11.4 Å². The Kier molecular flexibility index (Phi) is 4.97. The van der Waals surface area contributed by atoms with Crippen molar-refractivity contribution in [2.45, 2.75) is 59.2 Å². The van der Waals surface area contributed by atoms with Crippen LogP contribution in [0.2, 0.25) is 0 Å². The molecule has 112 valence electrons. The maximum atomic E-state index is 14.7. The Morgan fingerprint density at radius 1 is 1.35 bits per heavy atom. The minimum atomic E-state index is -0.171. The van der Waals surface area contributed by atoms with Crippen molar-refractivity contribution in [3.8, 4) is 0 Å². The van der Waals surface area contributed by atoms with Crippen LogP contribution in [-0.2, 0) is 6.54 Å². The molecule has 1 aromatic heterocycles. The van der Waals surface area contributed by atoms with Gasteiger partial charge in [0, 0.05) is 36.9 Å². The van der Waals surface area contributed by atoms with Crippen LogP contribution in [0, 0.1) is 11.7 Å². The van der Waals surface area contributed by atoms with E-state index in [1.165, 1.54) is 12.8 Å². The molecule has 0 aromatic carbocycles. The molecule has 1 saturated carbocycles. The first kappa shape index (κ1) is 15.2. The highest BCUT2D eigenvalue weighted by molar-refractivity contribution is 5.44. The molecule has 1 aromatic rings. The summed E-state index contributed by atoms with van der Waals surface area (Å²) in [5, 5.41) is 3.36. The van der Waals surface area contributed by atoms with E-state index in [4.69, 9.17) is 0 Å². The SMILES string of the molecule is CC(C)CN(c1nccc(CNC2CC2)c1F)C(C)C. The topological polar surface area (TPSA) is 28.2 Å². The van der Waals surface area contributed by atoms with Crippen LogP contribution in [0.3, 0.4) is 0 Å². The molecule has 1 aliphatic rings. The zero-order valence-corrected chi connectivity index (χ0v) is 13.0. The third kappa shape index (κ3) is 3.92. The summed E-state index contributed by atoms with van der Waals surface area (Å²) in [7, 11) is 0. The number of anilines is 1. The highest BCUT2D eigenvalue weighted by Crippen LogP contribution is 2.24. The Labute approximate surface area is 121 Å². The number of aromatic nitrogens is 1. The van der Waals surface area contributed by atoms with Gasteiger partial charge in [-0.25, -0.2) is 9.37 Å². The predicted octanol–water partition coefficient (Wildman–Crippen LogP) is 3.34. The molecule has 0 radical (unpaired) electrons. The molecule has 0 unspecified atom stereocenters. The zero-order chi connectivity index (χ0) is 14.7. The van der Waals surface area contributed by atoms with Crippen molar-refractivity contribution >= 4 is 5.82 Å². The Morgan fingerprint density at radius 3 is 2.60 bits per heavy atom.